The second-order valence-corrected chi connectivity index (χ2v) is 6.14. The number of hydrogen-bond acceptors (Lipinski definition) is 3. The standard InChI is InChI=1S/C14H11BrFN3S/c1-9-13(15)14(10-2-4-11(16)5-3-10)19(18-9)7-12-6-17-8-20-12/h2-6,8H,7H2,1H3. The van der Waals surface area contributed by atoms with Gasteiger partial charge in [-0.1, -0.05) is 0 Å². The number of hydrogen-bond donors (Lipinski definition) is 0. The minimum Gasteiger partial charge on any atom is -0.258 e. The Labute approximate surface area is 128 Å². The van der Waals surface area contributed by atoms with Gasteiger partial charge < -0.3 is 0 Å². The highest BCUT2D eigenvalue weighted by atomic mass is 79.9. The summed E-state index contributed by atoms with van der Waals surface area (Å²) in [4.78, 5) is 5.21. The van der Waals surface area contributed by atoms with Gasteiger partial charge in [-0.05, 0) is 47.1 Å². The third-order valence-corrected chi connectivity index (χ3v) is 4.67. The first-order valence-corrected chi connectivity index (χ1v) is 7.68. The Morgan fingerprint density at radius 2 is 2.05 bits per heavy atom. The van der Waals surface area contributed by atoms with Gasteiger partial charge in [-0.15, -0.1) is 11.3 Å². The quantitative estimate of drug-likeness (QED) is 0.705. The molecule has 0 amide bonds. The van der Waals surface area contributed by atoms with Crippen molar-refractivity contribution in [3.63, 3.8) is 0 Å². The summed E-state index contributed by atoms with van der Waals surface area (Å²) in [6, 6.07) is 6.45. The summed E-state index contributed by atoms with van der Waals surface area (Å²) in [5, 5.41) is 4.54. The summed E-state index contributed by atoms with van der Waals surface area (Å²) in [5.74, 6) is -0.241. The van der Waals surface area contributed by atoms with E-state index in [0.717, 1.165) is 26.3 Å². The highest BCUT2D eigenvalue weighted by molar-refractivity contribution is 9.10. The molecule has 0 aliphatic heterocycles. The van der Waals surface area contributed by atoms with Crippen molar-refractivity contribution < 1.29 is 4.39 Å². The van der Waals surface area contributed by atoms with Gasteiger partial charge in [0, 0.05) is 16.6 Å². The minimum atomic E-state index is -0.241. The van der Waals surface area contributed by atoms with Crippen molar-refractivity contribution in [3.8, 4) is 11.3 Å². The van der Waals surface area contributed by atoms with Crippen LogP contribution in [0.5, 0.6) is 0 Å². The number of thiazole rings is 1. The Hall–Kier alpha value is -1.53. The van der Waals surface area contributed by atoms with Crippen molar-refractivity contribution in [2.24, 2.45) is 0 Å². The molecular formula is C14H11BrFN3S. The van der Waals surface area contributed by atoms with Crippen molar-refractivity contribution >= 4 is 27.3 Å². The molecule has 6 heteroatoms. The smallest absolute Gasteiger partial charge is 0.123 e. The van der Waals surface area contributed by atoms with E-state index < -0.39 is 0 Å². The summed E-state index contributed by atoms with van der Waals surface area (Å²) < 4.78 is 15.9. The van der Waals surface area contributed by atoms with Gasteiger partial charge in [-0.3, -0.25) is 9.67 Å². The van der Waals surface area contributed by atoms with Crippen molar-refractivity contribution in [1.82, 2.24) is 14.8 Å². The van der Waals surface area contributed by atoms with Gasteiger partial charge in [0.15, 0.2) is 0 Å². The third kappa shape index (κ3) is 2.53. The zero-order valence-corrected chi connectivity index (χ0v) is 13.1. The highest BCUT2D eigenvalue weighted by Gasteiger charge is 2.15. The van der Waals surface area contributed by atoms with Gasteiger partial charge >= 0.3 is 0 Å². The zero-order chi connectivity index (χ0) is 14.1. The number of halogens is 2. The SMILES string of the molecule is Cc1nn(Cc2cncs2)c(-c2ccc(F)cc2)c1Br. The predicted molar refractivity (Wildman–Crippen MR) is 81.3 cm³/mol. The van der Waals surface area contributed by atoms with Crippen LogP contribution in [0.4, 0.5) is 4.39 Å². The first-order valence-electron chi connectivity index (χ1n) is 6.01. The Morgan fingerprint density at radius 3 is 2.70 bits per heavy atom. The topological polar surface area (TPSA) is 30.7 Å². The summed E-state index contributed by atoms with van der Waals surface area (Å²) in [7, 11) is 0. The lowest BCUT2D eigenvalue weighted by atomic mass is 10.1. The lowest BCUT2D eigenvalue weighted by Gasteiger charge is -2.07. The second kappa shape index (κ2) is 5.46. The first kappa shape index (κ1) is 13.5. The van der Waals surface area contributed by atoms with Gasteiger partial charge in [0.05, 0.1) is 27.9 Å². The van der Waals surface area contributed by atoms with Crippen LogP contribution in [0.2, 0.25) is 0 Å². The Bertz CT molecular complexity index is 720. The summed E-state index contributed by atoms with van der Waals surface area (Å²) in [6.07, 6.45) is 1.84. The average molecular weight is 352 g/mol. The molecule has 0 N–H and O–H groups in total. The molecule has 2 aromatic heterocycles. The number of nitrogens with zero attached hydrogens (tertiary/aromatic N) is 3. The number of aromatic nitrogens is 3. The molecule has 0 aliphatic carbocycles. The van der Waals surface area contributed by atoms with Gasteiger partial charge in [0.2, 0.25) is 0 Å². The predicted octanol–water partition coefficient (Wildman–Crippen LogP) is 4.26. The molecule has 0 saturated carbocycles. The molecule has 102 valence electrons. The molecule has 20 heavy (non-hydrogen) atoms. The van der Waals surface area contributed by atoms with Crippen LogP contribution in [0.3, 0.4) is 0 Å². The molecule has 0 fully saturated rings. The third-order valence-electron chi connectivity index (χ3n) is 2.96. The Kier molecular flexibility index (Phi) is 3.67. The zero-order valence-electron chi connectivity index (χ0n) is 10.7. The van der Waals surface area contributed by atoms with E-state index in [1.165, 1.54) is 12.1 Å². The van der Waals surface area contributed by atoms with E-state index >= 15 is 0 Å². The molecule has 0 atom stereocenters. The molecule has 3 nitrogen and oxygen atoms in total. The van der Waals surface area contributed by atoms with E-state index in [1.54, 1.807) is 29.0 Å². The van der Waals surface area contributed by atoms with Gasteiger partial charge in [0.25, 0.3) is 0 Å². The van der Waals surface area contributed by atoms with Crippen LogP contribution in [0, 0.1) is 12.7 Å². The fraction of sp³-hybridized carbons (Fsp3) is 0.143. The van der Waals surface area contributed by atoms with E-state index in [2.05, 4.69) is 26.0 Å². The van der Waals surface area contributed by atoms with Gasteiger partial charge in [-0.2, -0.15) is 5.10 Å². The maximum absolute atomic E-state index is 13.1. The maximum atomic E-state index is 13.1. The van der Waals surface area contributed by atoms with Crippen molar-refractivity contribution in [2.75, 3.05) is 0 Å². The Balaban J connectivity index is 2.07. The van der Waals surface area contributed by atoms with Gasteiger partial charge in [0.1, 0.15) is 5.82 Å². The van der Waals surface area contributed by atoms with Crippen LogP contribution < -0.4 is 0 Å². The highest BCUT2D eigenvalue weighted by Crippen LogP contribution is 2.31. The summed E-state index contributed by atoms with van der Waals surface area (Å²) in [5.41, 5.74) is 4.60. The van der Waals surface area contributed by atoms with E-state index in [4.69, 9.17) is 0 Å². The van der Waals surface area contributed by atoms with Crippen LogP contribution >= 0.6 is 27.3 Å². The van der Waals surface area contributed by atoms with Crippen molar-refractivity contribution in [2.45, 2.75) is 13.5 Å². The monoisotopic (exact) mass is 351 g/mol. The number of aryl methyl sites for hydroxylation is 1. The number of benzene rings is 1. The molecule has 0 saturated heterocycles. The van der Waals surface area contributed by atoms with Crippen LogP contribution in [-0.2, 0) is 6.54 Å². The maximum Gasteiger partial charge on any atom is 0.123 e. The largest absolute Gasteiger partial charge is 0.258 e. The van der Waals surface area contributed by atoms with E-state index in [0.29, 0.717) is 6.54 Å². The molecule has 1 aromatic carbocycles. The van der Waals surface area contributed by atoms with E-state index in [-0.39, 0.29) is 5.82 Å². The molecule has 0 radical (unpaired) electrons. The first-order chi connectivity index (χ1) is 9.65. The molecule has 0 spiro atoms. The minimum absolute atomic E-state index is 0.241. The molecule has 3 aromatic rings. The number of rotatable bonds is 3. The lowest BCUT2D eigenvalue weighted by molar-refractivity contribution is 0.627. The molecule has 0 unspecified atom stereocenters. The van der Waals surface area contributed by atoms with Crippen LogP contribution in [0.1, 0.15) is 10.6 Å². The molecule has 0 bridgehead atoms. The fourth-order valence-corrected chi connectivity index (χ4v) is 3.11. The molecule has 2 heterocycles. The van der Waals surface area contributed by atoms with E-state index in [1.807, 2.05) is 17.8 Å². The molecule has 0 aliphatic rings. The lowest BCUT2D eigenvalue weighted by Crippen LogP contribution is -2.02. The molecule has 3 rings (SSSR count). The molecular weight excluding hydrogens is 341 g/mol. The van der Waals surface area contributed by atoms with Crippen LogP contribution in [0.25, 0.3) is 11.3 Å². The Morgan fingerprint density at radius 1 is 1.30 bits per heavy atom. The summed E-state index contributed by atoms with van der Waals surface area (Å²) >= 11 is 5.16. The average Bonchev–Trinajstić information content (AvgIpc) is 3.02. The van der Waals surface area contributed by atoms with Crippen molar-refractivity contribution in [1.29, 1.82) is 0 Å². The van der Waals surface area contributed by atoms with E-state index in [9.17, 15) is 4.39 Å². The van der Waals surface area contributed by atoms with Crippen molar-refractivity contribution in [3.05, 3.63) is 56.8 Å². The van der Waals surface area contributed by atoms with Gasteiger partial charge in [-0.25, -0.2) is 4.39 Å². The van der Waals surface area contributed by atoms with Crippen LogP contribution in [0.15, 0.2) is 40.4 Å². The normalized spacial score (nSPS) is 10.9. The fourth-order valence-electron chi connectivity index (χ4n) is 2.03. The van der Waals surface area contributed by atoms with Crippen LogP contribution in [-0.4, -0.2) is 14.8 Å². The second-order valence-electron chi connectivity index (χ2n) is 4.38. The summed E-state index contributed by atoms with van der Waals surface area (Å²) in [6.45, 7) is 2.60.